The zero-order valence-electron chi connectivity index (χ0n) is 18.9. The van der Waals surface area contributed by atoms with Gasteiger partial charge in [0, 0.05) is 10.5 Å². The van der Waals surface area contributed by atoms with Gasteiger partial charge >= 0.3 is 0 Å². The number of aliphatic hydroxyl groups is 1. The maximum atomic E-state index is 11.3. The first-order chi connectivity index (χ1) is 16.7. The summed E-state index contributed by atoms with van der Waals surface area (Å²) in [6, 6.07) is 27.4. The van der Waals surface area contributed by atoms with Crippen molar-refractivity contribution < 1.29 is 28.8 Å². The van der Waals surface area contributed by atoms with E-state index in [1.807, 2.05) is 84.9 Å². The Hall–Kier alpha value is -2.39. The average molecular weight is 481 g/mol. The monoisotopic (exact) mass is 480 g/mol. The fraction of sp³-hybridized carbons (Fsp3) is 0.333. The van der Waals surface area contributed by atoms with Gasteiger partial charge in [0.05, 0.1) is 20.3 Å². The molecule has 6 nitrogen and oxygen atoms in total. The number of hydrogen-bond acceptors (Lipinski definition) is 7. The van der Waals surface area contributed by atoms with Crippen LogP contribution in [0.2, 0.25) is 0 Å². The first-order valence-corrected chi connectivity index (χ1v) is 12.2. The van der Waals surface area contributed by atoms with Crippen molar-refractivity contribution in [2.24, 2.45) is 0 Å². The van der Waals surface area contributed by atoms with Crippen molar-refractivity contribution in [1.29, 1.82) is 0 Å². The second kappa shape index (κ2) is 10.9. The molecule has 1 N–H and O–H groups in total. The zero-order chi connectivity index (χ0) is 23.3. The molecule has 2 heterocycles. The molecule has 3 aromatic carbocycles. The molecule has 34 heavy (non-hydrogen) atoms. The Balaban J connectivity index is 1.35. The number of hydrogen-bond donors (Lipinski definition) is 1. The number of methoxy groups -OCH3 is 1. The minimum atomic E-state index is -0.890. The van der Waals surface area contributed by atoms with Gasteiger partial charge in [0.2, 0.25) is 0 Å². The van der Waals surface area contributed by atoms with Crippen molar-refractivity contribution >= 4 is 11.8 Å². The summed E-state index contributed by atoms with van der Waals surface area (Å²) in [6.07, 6.45) is -2.84. The van der Waals surface area contributed by atoms with Crippen LogP contribution in [0.3, 0.4) is 0 Å². The van der Waals surface area contributed by atoms with Gasteiger partial charge in [0.1, 0.15) is 35.6 Å². The highest BCUT2D eigenvalue weighted by Gasteiger charge is 2.50. The summed E-state index contributed by atoms with van der Waals surface area (Å²) in [5.74, 6) is 0.785. The molecule has 2 fully saturated rings. The summed E-state index contributed by atoms with van der Waals surface area (Å²) in [5.41, 5.74) is 1.39. The largest absolute Gasteiger partial charge is 0.497 e. The van der Waals surface area contributed by atoms with Crippen LogP contribution in [0.4, 0.5) is 0 Å². The lowest BCUT2D eigenvalue weighted by molar-refractivity contribution is -0.325. The maximum Gasteiger partial charge on any atom is 0.184 e. The van der Waals surface area contributed by atoms with Gasteiger partial charge in [-0.3, -0.25) is 0 Å². The lowest BCUT2D eigenvalue weighted by atomic mass is 9.98. The van der Waals surface area contributed by atoms with Gasteiger partial charge in [-0.2, -0.15) is 0 Å². The molecule has 0 radical (unpaired) electrons. The van der Waals surface area contributed by atoms with Crippen LogP contribution < -0.4 is 4.74 Å². The minimum Gasteiger partial charge on any atom is -0.497 e. The SMILES string of the molecule is COc1ccc(CO[C@H]2C(O)[C@H](Sc3ccccc3)OC3COC(c4ccccc4)O[C@H]32)cc1. The van der Waals surface area contributed by atoms with Crippen LogP contribution in [0.15, 0.2) is 89.8 Å². The van der Waals surface area contributed by atoms with Crippen molar-refractivity contribution in [2.45, 2.75) is 47.6 Å². The predicted octanol–water partition coefficient (Wildman–Crippen LogP) is 4.57. The van der Waals surface area contributed by atoms with Crippen LogP contribution in [-0.2, 0) is 25.6 Å². The van der Waals surface area contributed by atoms with Gasteiger partial charge in [0.15, 0.2) is 6.29 Å². The molecule has 0 saturated carbocycles. The van der Waals surface area contributed by atoms with Crippen LogP contribution in [0.1, 0.15) is 17.4 Å². The molecular formula is C27H28O6S. The first-order valence-electron chi connectivity index (χ1n) is 11.3. The normalized spacial score (nSPS) is 28.8. The molecule has 0 aliphatic carbocycles. The Labute approximate surface area is 203 Å². The molecule has 7 heteroatoms. The van der Waals surface area contributed by atoms with Crippen molar-refractivity contribution in [2.75, 3.05) is 13.7 Å². The third-order valence-corrected chi connectivity index (χ3v) is 7.14. The second-order valence-corrected chi connectivity index (χ2v) is 9.44. The minimum absolute atomic E-state index is 0.331. The van der Waals surface area contributed by atoms with Crippen molar-refractivity contribution in [3.05, 3.63) is 96.1 Å². The number of ether oxygens (including phenoxy) is 5. The topological polar surface area (TPSA) is 66.4 Å². The van der Waals surface area contributed by atoms with E-state index in [9.17, 15) is 5.11 Å². The Kier molecular flexibility index (Phi) is 7.49. The fourth-order valence-corrected chi connectivity index (χ4v) is 5.25. The van der Waals surface area contributed by atoms with Crippen LogP contribution in [0.5, 0.6) is 5.75 Å². The summed E-state index contributed by atoms with van der Waals surface area (Å²) in [5, 5.41) is 11.3. The smallest absolute Gasteiger partial charge is 0.184 e. The van der Waals surface area contributed by atoms with E-state index in [0.717, 1.165) is 21.8 Å². The van der Waals surface area contributed by atoms with Crippen molar-refractivity contribution in [1.82, 2.24) is 0 Å². The van der Waals surface area contributed by atoms with Gasteiger partial charge in [-0.05, 0) is 29.8 Å². The molecule has 178 valence electrons. The molecule has 0 aromatic heterocycles. The molecule has 6 atom stereocenters. The standard InChI is InChI=1S/C27H28O6S/c1-29-20-14-12-18(13-15-20)16-30-25-23(28)27(34-21-10-6-3-7-11-21)32-22-17-31-26(33-24(22)25)19-8-4-2-5-9-19/h2-15,22-28H,16-17H2,1H3/t22?,23?,24-,25+,26?,27+/m1/s1. The van der Waals surface area contributed by atoms with Crippen LogP contribution in [0, 0.1) is 0 Å². The lowest BCUT2D eigenvalue weighted by Gasteiger charge is -2.47. The zero-order valence-corrected chi connectivity index (χ0v) is 19.7. The van der Waals surface area contributed by atoms with Crippen LogP contribution in [0.25, 0.3) is 0 Å². The molecular weight excluding hydrogens is 452 g/mol. The number of fused-ring (bicyclic) bond motifs is 1. The molecule has 3 aromatic rings. The van der Waals surface area contributed by atoms with Gasteiger partial charge < -0.3 is 28.8 Å². The van der Waals surface area contributed by atoms with Gasteiger partial charge in [-0.15, -0.1) is 0 Å². The van der Waals surface area contributed by atoms with Gasteiger partial charge in [-0.1, -0.05) is 72.4 Å². The van der Waals surface area contributed by atoms with E-state index in [1.165, 1.54) is 11.8 Å². The van der Waals surface area contributed by atoms with Gasteiger partial charge in [-0.25, -0.2) is 0 Å². The molecule has 2 saturated heterocycles. The highest BCUT2D eigenvalue weighted by atomic mass is 32.2. The third kappa shape index (κ3) is 5.30. The van der Waals surface area contributed by atoms with E-state index in [4.69, 9.17) is 23.7 Å². The highest BCUT2D eigenvalue weighted by Crippen LogP contribution is 2.40. The highest BCUT2D eigenvalue weighted by molar-refractivity contribution is 7.99. The Bertz CT molecular complexity index is 1030. The Morgan fingerprint density at radius 2 is 1.62 bits per heavy atom. The number of rotatable bonds is 7. The molecule has 0 amide bonds. The van der Waals surface area contributed by atoms with E-state index >= 15 is 0 Å². The Morgan fingerprint density at radius 1 is 0.912 bits per heavy atom. The van der Waals surface area contributed by atoms with E-state index in [2.05, 4.69) is 0 Å². The van der Waals surface area contributed by atoms with Crippen molar-refractivity contribution in [3.8, 4) is 5.75 Å². The van der Waals surface area contributed by atoms with E-state index in [-0.39, 0.29) is 6.10 Å². The van der Waals surface area contributed by atoms with E-state index in [0.29, 0.717) is 13.2 Å². The van der Waals surface area contributed by atoms with E-state index in [1.54, 1.807) is 7.11 Å². The summed E-state index contributed by atoms with van der Waals surface area (Å²) < 4.78 is 30.1. The molecule has 2 aliphatic rings. The maximum absolute atomic E-state index is 11.3. The number of benzene rings is 3. The van der Waals surface area contributed by atoms with Crippen LogP contribution >= 0.6 is 11.8 Å². The molecule has 2 aliphatic heterocycles. The summed E-state index contributed by atoms with van der Waals surface area (Å²) in [6.45, 7) is 0.684. The fourth-order valence-electron chi connectivity index (χ4n) is 4.18. The third-order valence-electron chi connectivity index (χ3n) is 5.98. The molecule has 0 bridgehead atoms. The summed E-state index contributed by atoms with van der Waals surface area (Å²) in [4.78, 5) is 1.01. The molecule has 5 rings (SSSR count). The van der Waals surface area contributed by atoms with Crippen LogP contribution in [-0.4, -0.2) is 48.7 Å². The molecule has 0 spiro atoms. The van der Waals surface area contributed by atoms with Gasteiger partial charge in [0.25, 0.3) is 0 Å². The predicted molar refractivity (Wildman–Crippen MR) is 129 cm³/mol. The Morgan fingerprint density at radius 3 is 2.32 bits per heavy atom. The molecule has 3 unspecified atom stereocenters. The second-order valence-electron chi connectivity index (χ2n) is 8.26. The summed E-state index contributed by atoms with van der Waals surface area (Å²) in [7, 11) is 1.64. The average Bonchev–Trinajstić information content (AvgIpc) is 2.90. The quantitative estimate of drug-likeness (QED) is 0.531. The first kappa shape index (κ1) is 23.4. The van der Waals surface area contributed by atoms with Crippen molar-refractivity contribution in [3.63, 3.8) is 0 Å². The number of aliphatic hydroxyl groups excluding tert-OH is 1. The summed E-state index contributed by atoms with van der Waals surface area (Å²) >= 11 is 1.48. The number of thioether (sulfide) groups is 1. The lowest BCUT2D eigenvalue weighted by Crippen LogP contribution is -2.61. The van der Waals surface area contributed by atoms with E-state index < -0.39 is 30.0 Å².